The van der Waals surface area contributed by atoms with Crippen molar-refractivity contribution in [2.45, 2.75) is 12.0 Å². The monoisotopic (exact) mass is 299 g/mol. The van der Waals surface area contributed by atoms with Crippen molar-refractivity contribution in [3.63, 3.8) is 0 Å². The van der Waals surface area contributed by atoms with E-state index in [0.29, 0.717) is 0 Å². The van der Waals surface area contributed by atoms with Crippen LogP contribution in [-0.4, -0.2) is 5.71 Å². The molecule has 4 rings (SSSR count). The van der Waals surface area contributed by atoms with E-state index in [0.717, 1.165) is 16.8 Å². The molecule has 0 radical (unpaired) electrons. The van der Waals surface area contributed by atoms with Gasteiger partial charge < -0.3 is 4.84 Å². The van der Waals surface area contributed by atoms with Gasteiger partial charge in [-0.3, -0.25) is 0 Å². The summed E-state index contributed by atoms with van der Waals surface area (Å²) >= 11 is 0. The quantitative estimate of drug-likeness (QED) is 0.671. The fourth-order valence-electron chi connectivity index (χ4n) is 3.10. The van der Waals surface area contributed by atoms with Crippen molar-refractivity contribution >= 4 is 5.71 Å². The minimum atomic E-state index is -0.0891. The van der Waals surface area contributed by atoms with Crippen LogP contribution in [0.2, 0.25) is 0 Å². The average molecular weight is 299 g/mol. The zero-order valence-electron chi connectivity index (χ0n) is 12.7. The van der Waals surface area contributed by atoms with Crippen LogP contribution in [0.3, 0.4) is 0 Å². The van der Waals surface area contributed by atoms with Gasteiger partial charge >= 0.3 is 0 Å². The van der Waals surface area contributed by atoms with Crippen molar-refractivity contribution in [2.75, 3.05) is 0 Å². The van der Waals surface area contributed by atoms with Gasteiger partial charge in [-0.15, -0.1) is 0 Å². The van der Waals surface area contributed by atoms with Crippen LogP contribution < -0.4 is 0 Å². The third kappa shape index (κ3) is 2.64. The molecule has 0 amide bonds. The van der Waals surface area contributed by atoms with Crippen LogP contribution in [0, 0.1) is 0 Å². The summed E-state index contributed by atoms with van der Waals surface area (Å²) in [5, 5.41) is 4.44. The molecule has 0 unspecified atom stereocenters. The van der Waals surface area contributed by atoms with E-state index in [1.54, 1.807) is 0 Å². The van der Waals surface area contributed by atoms with E-state index in [-0.39, 0.29) is 12.0 Å². The molecule has 3 aromatic rings. The summed E-state index contributed by atoms with van der Waals surface area (Å²) in [7, 11) is 0. The Morgan fingerprint density at radius 3 is 1.74 bits per heavy atom. The van der Waals surface area contributed by atoms with Gasteiger partial charge in [0.1, 0.15) is 0 Å². The average Bonchev–Trinajstić information content (AvgIpc) is 3.09. The highest BCUT2D eigenvalue weighted by atomic mass is 16.6. The van der Waals surface area contributed by atoms with Crippen molar-refractivity contribution in [1.29, 1.82) is 0 Å². The highest BCUT2D eigenvalue weighted by Gasteiger charge is 2.37. The number of benzene rings is 3. The van der Waals surface area contributed by atoms with E-state index in [9.17, 15) is 0 Å². The minimum Gasteiger partial charge on any atom is -0.386 e. The lowest BCUT2D eigenvalue weighted by atomic mass is 9.83. The molecule has 1 aliphatic rings. The minimum absolute atomic E-state index is 0.0891. The van der Waals surface area contributed by atoms with Crippen LogP contribution in [0.15, 0.2) is 96.2 Å². The first-order valence-electron chi connectivity index (χ1n) is 7.82. The molecule has 0 aromatic heterocycles. The molecule has 2 atom stereocenters. The van der Waals surface area contributed by atoms with Gasteiger partial charge in [-0.25, -0.2) is 0 Å². The number of oxime groups is 1. The molecule has 112 valence electrons. The van der Waals surface area contributed by atoms with Crippen molar-refractivity contribution in [3.05, 3.63) is 108 Å². The third-order valence-electron chi connectivity index (χ3n) is 4.22. The summed E-state index contributed by atoms with van der Waals surface area (Å²) in [6.07, 6.45) is -0.0891. The summed E-state index contributed by atoms with van der Waals surface area (Å²) in [4.78, 5) is 5.86. The van der Waals surface area contributed by atoms with Crippen LogP contribution in [-0.2, 0) is 4.84 Å². The molecule has 3 aromatic carbocycles. The van der Waals surface area contributed by atoms with Gasteiger partial charge in [-0.1, -0.05) is 96.2 Å². The second kappa shape index (κ2) is 6.09. The maximum Gasteiger partial charge on any atom is 0.165 e. The van der Waals surface area contributed by atoms with Crippen LogP contribution in [0.5, 0.6) is 0 Å². The summed E-state index contributed by atoms with van der Waals surface area (Å²) in [6, 6.07) is 31.1. The molecule has 1 aliphatic heterocycles. The maximum atomic E-state index is 5.86. The first-order chi connectivity index (χ1) is 11.4. The van der Waals surface area contributed by atoms with E-state index < -0.39 is 0 Å². The standard InChI is InChI=1S/C21H17NO/c1-4-10-16(11-5-1)19-20(17-12-6-2-7-13-17)22-23-21(19)18-14-8-3-9-15-18/h1-15,19,21H/t19-,21-/m0/s1. The first kappa shape index (κ1) is 13.8. The highest BCUT2D eigenvalue weighted by Crippen LogP contribution is 2.41. The molecule has 0 saturated heterocycles. The maximum absolute atomic E-state index is 5.86. The predicted octanol–water partition coefficient (Wildman–Crippen LogP) is 4.95. The molecule has 0 aliphatic carbocycles. The van der Waals surface area contributed by atoms with E-state index in [1.807, 2.05) is 42.5 Å². The molecule has 0 fully saturated rings. The van der Waals surface area contributed by atoms with Crippen LogP contribution in [0.1, 0.15) is 28.7 Å². The summed E-state index contributed by atoms with van der Waals surface area (Å²) in [5.74, 6) is 0.0981. The first-order valence-corrected chi connectivity index (χ1v) is 7.82. The smallest absolute Gasteiger partial charge is 0.165 e. The molecule has 2 heteroatoms. The Bertz CT molecular complexity index is 797. The Morgan fingerprint density at radius 2 is 1.13 bits per heavy atom. The molecule has 23 heavy (non-hydrogen) atoms. The molecule has 1 heterocycles. The van der Waals surface area contributed by atoms with E-state index in [2.05, 4.69) is 53.7 Å². The zero-order chi connectivity index (χ0) is 15.5. The Morgan fingerprint density at radius 1 is 0.609 bits per heavy atom. The van der Waals surface area contributed by atoms with Gasteiger partial charge in [0.15, 0.2) is 6.10 Å². The highest BCUT2D eigenvalue weighted by molar-refractivity contribution is 6.06. The molecular weight excluding hydrogens is 282 g/mol. The van der Waals surface area contributed by atoms with Gasteiger partial charge in [0, 0.05) is 5.56 Å². The molecular formula is C21H17NO. The lowest BCUT2D eigenvalue weighted by molar-refractivity contribution is 0.0763. The second-order valence-corrected chi connectivity index (χ2v) is 5.67. The van der Waals surface area contributed by atoms with Gasteiger partial charge in [0.05, 0.1) is 11.6 Å². The molecule has 0 spiro atoms. The van der Waals surface area contributed by atoms with E-state index >= 15 is 0 Å². The van der Waals surface area contributed by atoms with Crippen LogP contribution in [0.4, 0.5) is 0 Å². The predicted molar refractivity (Wildman–Crippen MR) is 92.4 cm³/mol. The summed E-state index contributed by atoms with van der Waals surface area (Å²) in [6.45, 7) is 0. The second-order valence-electron chi connectivity index (χ2n) is 5.67. The SMILES string of the molecule is c1ccc(C2=NO[C@@H](c3ccccc3)[C@H]2c2ccccc2)cc1. The Balaban J connectivity index is 1.79. The third-order valence-corrected chi connectivity index (χ3v) is 4.22. The lowest BCUT2D eigenvalue weighted by Crippen LogP contribution is -2.16. The van der Waals surface area contributed by atoms with Crippen molar-refractivity contribution in [1.82, 2.24) is 0 Å². The lowest BCUT2D eigenvalue weighted by Gasteiger charge is -2.20. The summed E-state index contributed by atoms with van der Waals surface area (Å²) in [5.41, 5.74) is 4.47. The van der Waals surface area contributed by atoms with Crippen LogP contribution in [0.25, 0.3) is 0 Å². The van der Waals surface area contributed by atoms with Crippen molar-refractivity contribution in [2.24, 2.45) is 5.16 Å². The van der Waals surface area contributed by atoms with Crippen LogP contribution >= 0.6 is 0 Å². The summed E-state index contributed by atoms with van der Waals surface area (Å²) < 4.78 is 0. The van der Waals surface area contributed by atoms with E-state index in [1.165, 1.54) is 5.56 Å². The fourth-order valence-corrected chi connectivity index (χ4v) is 3.10. The fraction of sp³-hybridized carbons (Fsp3) is 0.0952. The van der Waals surface area contributed by atoms with Crippen molar-refractivity contribution in [3.8, 4) is 0 Å². The van der Waals surface area contributed by atoms with E-state index in [4.69, 9.17) is 4.84 Å². The molecule has 0 bridgehead atoms. The zero-order valence-corrected chi connectivity index (χ0v) is 12.7. The Labute approximate surface area is 136 Å². The van der Waals surface area contributed by atoms with Gasteiger partial charge in [0.25, 0.3) is 0 Å². The number of rotatable bonds is 3. The number of nitrogens with zero attached hydrogens (tertiary/aromatic N) is 1. The molecule has 2 nitrogen and oxygen atoms in total. The van der Waals surface area contributed by atoms with Gasteiger partial charge in [0.2, 0.25) is 0 Å². The Kier molecular flexibility index (Phi) is 3.65. The normalized spacial score (nSPS) is 19.9. The van der Waals surface area contributed by atoms with Gasteiger partial charge in [-0.05, 0) is 11.1 Å². The molecule has 0 saturated carbocycles. The number of hydrogen-bond acceptors (Lipinski definition) is 2. The topological polar surface area (TPSA) is 21.6 Å². The largest absolute Gasteiger partial charge is 0.386 e. The number of hydrogen-bond donors (Lipinski definition) is 0. The Hall–Kier alpha value is -2.87. The van der Waals surface area contributed by atoms with Crippen molar-refractivity contribution < 1.29 is 4.84 Å². The molecule has 0 N–H and O–H groups in total. The van der Waals surface area contributed by atoms with Gasteiger partial charge in [-0.2, -0.15) is 0 Å².